The van der Waals surface area contributed by atoms with Crippen LogP contribution in [0.25, 0.3) is 0 Å². The number of amides is 1. The average molecular weight is 344 g/mol. The fraction of sp³-hybridized carbons (Fsp3) is 0.474. The number of rotatable bonds is 7. The normalized spacial score (nSPS) is 16.1. The van der Waals surface area contributed by atoms with Crippen molar-refractivity contribution in [2.45, 2.75) is 38.8 Å². The first kappa shape index (κ1) is 17.6. The van der Waals surface area contributed by atoms with Gasteiger partial charge in [-0.3, -0.25) is 9.69 Å². The van der Waals surface area contributed by atoms with Gasteiger partial charge in [-0.25, -0.2) is 9.37 Å². The van der Waals surface area contributed by atoms with Crippen LogP contribution < -0.4 is 5.32 Å². The first-order valence-electron chi connectivity index (χ1n) is 8.93. The monoisotopic (exact) mass is 344 g/mol. The fourth-order valence-electron chi connectivity index (χ4n) is 3.42. The highest BCUT2D eigenvalue weighted by Gasteiger charge is 2.24. The SMILES string of the molecule is CCc1nccn1CC(=O)NC[C@H](c1ccc(F)cc1)N1CCCC1. The molecule has 1 aromatic heterocycles. The van der Waals surface area contributed by atoms with Gasteiger partial charge < -0.3 is 9.88 Å². The van der Waals surface area contributed by atoms with Crippen molar-refractivity contribution in [2.24, 2.45) is 0 Å². The number of nitrogens with one attached hydrogen (secondary N) is 1. The van der Waals surface area contributed by atoms with Gasteiger partial charge in [0, 0.05) is 25.4 Å². The lowest BCUT2D eigenvalue weighted by molar-refractivity contribution is -0.121. The molecule has 6 heteroatoms. The Balaban J connectivity index is 1.64. The molecule has 1 N–H and O–H groups in total. The molecule has 1 amide bonds. The number of likely N-dealkylation sites (tertiary alicyclic amines) is 1. The molecule has 1 aliphatic heterocycles. The van der Waals surface area contributed by atoms with Crippen molar-refractivity contribution >= 4 is 5.91 Å². The maximum atomic E-state index is 13.2. The second-order valence-corrected chi connectivity index (χ2v) is 6.44. The third kappa shape index (κ3) is 4.45. The van der Waals surface area contributed by atoms with E-state index >= 15 is 0 Å². The van der Waals surface area contributed by atoms with Crippen LogP contribution in [0, 0.1) is 5.82 Å². The predicted octanol–water partition coefficient (Wildman–Crippen LogP) is 2.54. The van der Waals surface area contributed by atoms with Crippen molar-refractivity contribution in [1.82, 2.24) is 19.8 Å². The van der Waals surface area contributed by atoms with Crippen LogP contribution in [-0.2, 0) is 17.8 Å². The van der Waals surface area contributed by atoms with Crippen molar-refractivity contribution < 1.29 is 9.18 Å². The maximum Gasteiger partial charge on any atom is 0.240 e. The third-order valence-corrected chi connectivity index (χ3v) is 4.76. The van der Waals surface area contributed by atoms with Crippen LogP contribution in [-0.4, -0.2) is 40.0 Å². The lowest BCUT2D eigenvalue weighted by Gasteiger charge is -2.28. The van der Waals surface area contributed by atoms with Crippen molar-refractivity contribution in [3.05, 3.63) is 53.9 Å². The van der Waals surface area contributed by atoms with Crippen LogP contribution in [0.4, 0.5) is 4.39 Å². The lowest BCUT2D eigenvalue weighted by atomic mass is 10.1. The van der Waals surface area contributed by atoms with Gasteiger partial charge in [0.25, 0.3) is 0 Å². The van der Waals surface area contributed by atoms with Gasteiger partial charge in [0.1, 0.15) is 18.2 Å². The van der Waals surface area contributed by atoms with Crippen LogP contribution in [0.3, 0.4) is 0 Å². The number of imidazole rings is 1. The van der Waals surface area contributed by atoms with E-state index in [0.717, 1.165) is 30.9 Å². The van der Waals surface area contributed by atoms with E-state index in [1.165, 1.54) is 25.0 Å². The summed E-state index contributed by atoms with van der Waals surface area (Å²) >= 11 is 0. The standard InChI is InChI=1S/C19H25FN4O/c1-2-18-21-9-12-24(18)14-19(25)22-13-17(23-10-3-4-11-23)15-5-7-16(20)8-6-15/h5-9,12,17H,2-4,10-11,13-14H2,1H3,(H,22,25)/t17-/m1/s1. The second-order valence-electron chi connectivity index (χ2n) is 6.44. The van der Waals surface area contributed by atoms with Gasteiger partial charge in [-0.05, 0) is 43.6 Å². The molecule has 5 nitrogen and oxygen atoms in total. The minimum absolute atomic E-state index is 0.0287. The molecule has 0 radical (unpaired) electrons. The van der Waals surface area contributed by atoms with Crippen LogP contribution in [0.1, 0.15) is 37.2 Å². The molecule has 25 heavy (non-hydrogen) atoms. The molecule has 1 aromatic carbocycles. The van der Waals surface area contributed by atoms with Crippen molar-refractivity contribution in [2.75, 3.05) is 19.6 Å². The van der Waals surface area contributed by atoms with E-state index < -0.39 is 0 Å². The largest absolute Gasteiger partial charge is 0.353 e. The number of halogens is 1. The molecule has 3 rings (SSSR count). The third-order valence-electron chi connectivity index (χ3n) is 4.76. The summed E-state index contributed by atoms with van der Waals surface area (Å²) in [6, 6.07) is 6.68. The highest BCUT2D eigenvalue weighted by Crippen LogP contribution is 2.24. The Labute approximate surface area is 147 Å². The average Bonchev–Trinajstić information content (AvgIpc) is 3.28. The number of nitrogens with zero attached hydrogens (tertiary/aromatic N) is 3. The van der Waals surface area contributed by atoms with E-state index in [9.17, 15) is 9.18 Å². The van der Waals surface area contributed by atoms with E-state index in [4.69, 9.17) is 0 Å². The second kappa shape index (κ2) is 8.25. The Kier molecular flexibility index (Phi) is 5.81. The Hall–Kier alpha value is -2.21. The van der Waals surface area contributed by atoms with E-state index in [1.807, 2.05) is 29.8 Å². The molecular formula is C19H25FN4O. The Morgan fingerprint density at radius 2 is 2.00 bits per heavy atom. The zero-order valence-electron chi connectivity index (χ0n) is 14.6. The molecule has 134 valence electrons. The molecule has 1 aliphatic rings. The first-order valence-corrected chi connectivity index (χ1v) is 8.93. The molecule has 0 saturated carbocycles. The Morgan fingerprint density at radius 1 is 1.28 bits per heavy atom. The van der Waals surface area contributed by atoms with Crippen LogP contribution in [0.2, 0.25) is 0 Å². The molecule has 0 unspecified atom stereocenters. The summed E-state index contributed by atoms with van der Waals surface area (Å²) in [5, 5.41) is 3.04. The molecule has 0 aliphatic carbocycles. The molecule has 2 heterocycles. The number of carbonyl (C=O) groups is 1. The summed E-state index contributed by atoms with van der Waals surface area (Å²) in [5.41, 5.74) is 1.04. The smallest absolute Gasteiger partial charge is 0.240 e. The first-order chi connectivity index (χ1) is 12.2. The zero-order valence-corrected chi connectivity index (χ0v) is 14.6. The lowest BCUT2D eigenvalue weighted by Crippen LogP contribution is -2.38. The minimum Gasteiger partial charge on any atom is -0.353 e. The topological polar surface area (TPSA) is 50.2 Å². The van der Waals surface area contributed by atoms with E-state index in [1.54, 1.807) is 6.20 Å². The molecular weight excluding hydrogens is 319 g/mol. The summed E-state index contributed by atoms with van der Waals surface area (Å²) in [6.45, 7) is 4.85. The minimum atomic E-state index is -0.236. The Bertz CT molecular complexity index is 692. The van der Waals surface area contributed by atoms with Gasteiger partial charge in [-0.2, -0.15) is 0 Å². The van der Waals surface area contributed by atoms with Gasteiger partial charge in [0.2, 0.25) is 5.91 Å². The Morgan fingerprint density at radius 3 is 2.68 bits per heavy atom. The fourth-order valence-corrected chi connectivity index (χ4v) is 3.42. The van der Waals surface area contributed by atoms with Gasteiger partial charge in [-0.1, -0.05) is 19.1 Å². The highest BCUT2D eigenvalue weighted by atomic mass is 19.1. The summed E-state index contributed by atoms with van der Waals surface area (Å²) in [6.07, 6.45) is 6.68. The van der Waals surface area contributed by atoms with Crippen LogP contribution in [0.5, 0.6) is 0 Å². The summed E-state index contributed by atoms with van der Waals surface area (Å²) in [7, 11) is 0. The van der Waals surface area contributed by atoms with Gasteiger partial charge in [0.05, 0.1) is 6.04 Å². The molecule has 0 bridgehead atoms. The van der Waals surface area contributed by atoms with Crippen LogP contribution >= 0.6 is 0 Å². The van der Waals surface area contributed by atoms with Crippen LogP contribution in [0.15, 0.2) is 36.7 Å². The van der Waals surface area contributed by atoms with E-state index in [2.05, 4.69) is 15.2 Å². The molecule has 2 aromatic rings. The van der Waals surface area contributed by atoms with Gasteiger partial charge >= 0.3 is 0 Å². The van der Waals surface area contributed by atoms with E-state index in [-0.39, 0.29) is 24.3 Å². The van der Waals surface area contributed by atoms with E-state index in [0.29, 0.717) is 6.54 Å². The highest BCUT2D eigenvalue weighted by molar-refractivity contribution is 5.75. The van der Waals surface area contributed by atoms with Crippen molar-refractivity contribution in [1.29, 1.82) is 0 Å². The molecule has 1 saturated heterocycles. The molecule has 0 spiro atoms. The number of aromatic nitrogens is 2. The summed E-state index contributed by atoms with van der Waals surface area (Å²) in [5.74, 6) is 0.643. The zero-order chi connectivity index (χ0) is 17.6. The molecule has 1 fully saturated rings. The maximum absolute atomic E-state index is 13.2. The van der Waals surface area contributed by atoms with Gasteiger partial charge in [0.15, 0.2) is 0 Å². The molecule has 1 atom stereocenters. The number of aryl methyl sites for hydroxylation is 1. The number of carbonyl (C=O) groups excluding carboxylic acids is 1. The number of benzene rings is 1. The van der Waals surface area contributed by atoms with Gasteiger partial charge in [-0.15, -0.1) is 0 Å². The number of hydrogen-bond acceptors (Lipinski definition) is 3. The number of hydrogen-bond donors (Lipinski definition) is 1. The summed E-state index contributed by atoms with van der Waals surface area (Å²) in [4.78, 5) is 18.9. The van der Waals surface area contributed by atoms with Crippen molar-refractivity contribution in [3.8, 4) is 0 Å². The predicted molar refractivity (Wildman–Crippen MR) is 94.6 cm³/mol. The summed E-state index contributed by atoms with van der Waals surface area (Å²) < 4.78 is 15.1. The quantitative estimate of drug-likeness (QED) is 0.840. The van der Waals surface area contributed by atoms with Crippen molar-refractivity contribution in [3.63, 3.8) is 0 Å².